The molecule has 4 rings (SSSR count). The van der Waals surface area contributed by atoms with Gasteiger partial charge in [-0.15, -0.1) is 0 Å². The van der Waals surface area contributed by atoms with E-state index in [0.29, 0.717) is 38.3 Å². The number of carbonyl (C=O) groups excluding carboxylic acids is 3. The van der Waals surface area contributed by atoms with E-state index in [0.717, 1.165) is 6.54 Å². The van der Waals surface area contributed by atoms with Crippen LogP contribution in [0.1, 0.15) is 81.3 Å². The Balaban J connectivity index is 1.68. The minimum absolute atomic E-state index is 0.0408. The van der Waals surface area contributed by atoms with Gasteiger partial charge in [0.1, 0.15) is 17.5 Å². The van der Waals surface area contributed by atoms with Crippen LogP contribution in [0, 0.1) is 17.2 Å². The third-order valence-corrected chi connectivity index (χ3v) is 8.27. The van der Waals surface area contributed by atoms with Gasteiger partial charge in [0.05, 0.1) is 6.54 Å². The van der Waals surface area contributed by atoms with Crippen molar-refractivity contribution < 1.29 is 23.9 Å². The lowest BCUT2D eigenvalue weighted by Gasteiger charge is -2.54. The summed E-state index contributed by atoms with van der Waals surface area (Å²) in [5.74, 6) is -1.35. The molecule has 2 atom stereocenters. The first-order valence-corrected chi connectivity index (χ1v) is 12.5. The summed E-state index contributed by atoms with van der Waals surface area (Å²) in [4.78, 5) is 40.6. The Morgan fingerprint density at radius 3 is 2.53 bits per heavy atom. The molecule has 34 heavy (non-hydrogen) atoms. The summed E-state index contributed by atoms with van der Waals surface area (Å²) in [6, 6.07) is 2.36. The van der Waals surface area contributed by atoms with E-state index in [1.807, 2.05) is 13.8 Å². The predicted octanol–water partition coefficient (Wildman–Crippen LogP) is 2.94. The first-order chi connectivity index (χ1) is 16.1. The molecule has 7 nitrogen and oxygen atoms in total. The Hall–Kier alpha value is -2.32. The van der Waals surface area contributed by atoms with Gasteiger partial charge in [-0.2, -0.15) is 0 Å². The summed E-state index contributed by atoms with van der Waals surface area (Å²) < 4.78 is 16.1. The molecular formula is C26H36FN3O4. The van der Waals surface area contributed by atoms with Gasteiger partial charge in [0, 0.05) is 48.2 Å². The number of amides is 3. The number of carbonyl (C=O) groups is 3. The fourth-order valence-electron chi connectivity index (χ4n) is 6.30. The molecule has 2 fully saturated rings. The zero-order valence-corrected chi connectivity index (χ0v) is 20.6. The number of nitrogens with one attached hydrogen (secondary N) is 1. The Kier molecular flexibility index (Phi) is 6.59. The standard InChI is InChI=1S/C26H36FN3O4/c1-5-25(6-2)15-29(13-16(3)4)12-11-26(25,34)19-8-7-17-18(22(19)27)14-30(24(17)33)20-9-10-21(31)28-23(20)32/h7-8,16,20,34H,5-6,9-15H2,1-4H3,(H,28,31,32). The summed E-state index contributed by atoms with van der Waals surface area (Å²) in [5, 5.41) is 14.4. The van der Waals surface area contributed by atoms with Gasteiger partial charge in [0.2, 0.25) is 11.8 Å². The van der Waals surface area contributed by atoms with E-state index in [9.17, 15) is 19.5 Å². The second-order valence-corrected chi connectivity index (χ2v) is 10.6. The number of fused-ring (bicyclic) bond motifs is 1. The number of rotatable bonds is 6. The molecule has 2 N–H and O–H groups in total. The number of likely N-dealkylation sites (tertiary alicyclic amines) is 1. The minimum Gasteiger partial charge on any atom is -0.384 e. The Bertz CT molecular complexity index is 1010. The molecule has 0 spiro atoms. The molecule has 3 aliphatic rings. The molecule has 0 radical (unpaired) electrons. The number of imide groups is 1. The maximum Gasteiger partial charge on any atom is 0.255 e. The topological polar surface area (TPSA) is 89.9 Å². The predicted molar refractivity (Wildman–Crippen MR) is 125 cm³/mol. The summed E-state index contributed by atoms with van der Waals surface area (Å²) in [6.07, 6.45) is 2.19. The molecule has 0 saturated carbocycles. The van der Waals surface area contributed by atoms with Gasteiger partial charge in [-0.1, -0.05) is 33.8 Å². The molecule has 0 aliphatic carbocycles. The van der Waals surface area contributed by atoms with Crippen molar-refractivity contribution >= 4 is 17.7 Å². The second-order valence-electron chi connectivity index (χ2n) is 10.6. The molecule has 1 aromatic rings. The highest BCUT2D eigenvalue weighted by molar-refractivity contribution is 6.05. The molecule has 2 unspecified atom stereocenters. The van der Waals surface area contributed by atoms with Gasteiger partial charge in [0.25, 0.3) is 5.91 Å². The van der Waals surface area contributed by atoms with Crippen molar-refractivity contribution in [1.82, 2.24) is 15.1 Å². The van der Waals surface area contributed by atoms with Crippen LogP contribution >= 0.6 is 0 Å². The van der Waals surface area contributed by atoms with E-state index in [4.69, 9.17) is 0 Å². The molecular weight excluding hydrogens is 437 g/mol. The summed E-state index contributed by atoms with van der Waals surface area (Å²) in [5.41, 5.74) is -1.16. The lowest BCUT2D eigenvalue weighted by Crippen LogP contribution is -2.58. The van der Waals surface area contributed by atoms with Gasteiger partial charge >= 0.3 is 0 Å². The molecule has 2 saturated heterocycles. The minimum atomic E-state index is -1.35. The number of nitrogens with zero attached hydrogens (tertiary/aromatic N) is 2. The Morgan fingerprint density at radius 1 is 1.21 bits per heavy atom. The fourth-order valence-corrected chi connectivity index (χ4v) is 6.30. The van der Waals surface area contributed by atoms with E-state index in [1.54, 1.807) is 12.1 Å². The number of hydrogen-bond donors (Lipinski definition) is 2. The van der Waals surface area contributed by atoms with E-state index in [-0.39, 0.29) is 42.0 Å². The van der Waals surface area contributed by atoms with Crippen LogP contribution < -0.4 is 5.32 Å². The van der Waals surface area contributed by atoms with Gasteiger partial charge < -0.3 is 14.9 Å². The van der Waals surface area contributed by atoms with Crippen LogP contribution in [0.15, 0.2) is 12.1 Å². The molecule has 3 aliphatic heterocycles. The smallest absolute Gasteiger partial charge is 0.255 e. The van der Waals surface area contributed by atoms with Crippen LogP contribution in [0.5, 0.6) is 0 Å². The molecule has 3 heterocycles. The highest BCUT2D eigenvalue weighted by Crippen LogP contribution is 2.52. The number of hydrogen-bond acceptors (Lipinski definition) is 5. The molecule has 1 aromatic carbocycles. The van der Waals surface area contributed by atoms with E-state index >= 15 is 4.39 Å². The van der Waals surface area contributed by atoms with Gasteiger partial charge in [-0.25, -0.2) is 4.39 Å². The van der Waals surface area contributed by atoms with Crippen molar-refractivity contribution in [2.24, 2.45) is 11.3 Å². The maximum absolute atomic E-state index is 16.1. The first-order valence-electron chi connectivity index (χ1n) is 12.5. The van der Waals surface area contributed by atoms with Crippen molar-refractivity contribution in [3.8, 4) is 0 Å². The normalized spacial score (nSPS) is 27.3. The van der Waals surface area contributed by atoms with Gasteiger partial charge in [0.15, 0.2) is 0 Å². The number of aliphatic hydroxyl groups is 1. The third kappa shape index (κ3) is 3.85. The SMILES string of the molecule is CCC1(CC)CN(CC(C)C)CCC1(O)c1ccc2c(c1F)CN(C1CCC(=O)NC1=O)C2=O. The van der Waals surface area contributed by atoms with Gasteiger partial charge in [-0.3, -0.25) is 19.7 Å². The van der Waals surface area contributed by atoms with Crippen molar-refractivity contribution in [2.75, 3.05) is 19.6 Å². The highest BCUT2D eigenvalue weighted by Gasteiger charge is 2.54. The van der Waals surface area contributed by atoms with Crippen molar-refractivity contribution in [3.05, 3.63) is 34.6 Å². The van der Waals surface area contributed by atoms with E-state index in [1.165, 1.54) is 4.90 Å². The van der Waals surface area contributed by atoms with Crippen LogP contribution in [-0.2, 0) is 21.7 Å². The van der Waals surface area contributed by atoms with Crippen molar-refractivity contribution in [2.45, 2.75) is 78.0 Å². The highest BCUT2D eigenvalue weighted by atomic mass is 19.1. The fraction of sp³-hybridized carbons (Fsp3) is 0.654. The maximum atomic E-state index is 16.1. The second kappa shape index (κ2) is 9.04. The quantitative estimate of drug-likeness (QED) is 0.620. The first kappa shape index (κ1) is 24.8. The lowest BCUT2D eigenvalue weighted by molar-refractivity contribution is -0.150. The average molecular weight is 474 g/mol. The van der Waals surface area contributed by atoms with E-state index < -0.39 is 34.7 Å². The Morgan fingerprint density at radius 2 is 1.91 bits per heavy atom. The van der Waals surface area contributed by atoms with Crippen LogP contribution in [0.2, 0.25) is 0 Å². The monoisotopic (exact) mass is 473 g/mol. The number of halogens is 1. The molecule has 0 aromatic heterocycles. The summed E-state index contributed by atoms with van der Waals surface area (Å²) >= 11 is 0. The molecule has 0 bridgehead atoms. The van der Waals surface area contributed by atoms with Gasteiger partial charge in [-0.05, 0) is 37.7 Å². The van der Waals surface area contributed by atoms with Crippen LogP contribution in [0.4, 0.5) is 4.39 Å². The molecule has 3 amide bonds. The lowest BCUT2D eigenvalue weighted by atomic mass is 9.61. The molecule has 186 valence electrons. The van der Waals surface area contributed by atoms with Crippen LogP contribution in [0.25, 0.3) is 0 Å². The van der Waals surface area contributed by atoms with Crippen LogP contribution in [0.3, 0.4) is 0 Å². The van der Waals surface area contributed by atoms with Crippen molar-refractivity contribution in [1.29, 1.82) is 0 Å². The van der Waals surface area contributed by atoms with Crippen LogP contribution in [-0.4, -0.2) is 58.3 Å². The number of piperidine rings is 2. The average Bonchev–Trinajstić information content (AvgIpc) is 3.12. The Labute approximate surface area is 200 Å². The van der Waals surface area contributed by atoms with Crippen molar-refractivity contribution in [3.63, 3.8) is 0 Å². The third-order valence-electron chi connectivity index (χ3n) is 8.27. The number of benzene rings is 1. The summed E-state index contributed by atoms with van der Waals surface area (Å²) in [6.45, 7) is 10.7. The van der Waals surface area contributed by atoms with E-state index in [2.05, 4.69) is 24.1 Å². The zero-order valence-electron chi connectivity index (χ0n) is 20.6. The largest absolute Gasteiger partial charge is 0.384 e. The molecule has 8 heteroatoms. The summed E-state index contributed by atoms with van der Waals surface area (Å²) in [7, 11) is 0. The zero-order chi connectivity index (χ0) is 24.8.